The fraction of sp³-hybridized carbons (Fsp3) is 0.400. The summed E-state index contributed by atoms with van der Waals surface area (Å²) >= 11 is 0. The first kappa shape index (κ1) is 21.5. The van der Waals surface area contributed by atoms with Crippen LogP contribution < -0.4 is 0 Å². The van der Waals surface area contributed by atoms with Crippen LogP contribution in [-0.4, -0.2) is 60.5 Å². The molecule has 24 heavy (non-hydrogen) atoms. The third kappa shape index (κ3) is 7.18. The van der Waals surface area contributed by atoms with Gasteiger partial charge in [-0.3, -0.25) is 0 Å². The normalized spacial score (nSPS) is 15.1. The minimum absolute atomic E-state index is 0.249. The second-order valence-electron chi connectivity index (χ2n) is 4.60. The Morgan fingerprint density at radius 1 is 0.750 bits per heavy atom. The van der Waals surface area contributed by atoms with Crippen molar-refractivity contribution in [2.24, 2.45) is 5.41 Å². The number of carbonyl (C=O) groups is 3. The summed E-state index contributed by atoms with van der Waals surface area (Å²) in [6.07, 6.45) is 5.35. The topological polar surface area (TPSA) is 140 Å². The van der Waals surface area contributed by atoms with E-state index in [1.54, 1.807) is 0 Å². The molecule has 0 spiro atoms. The Hall–Kier alpha value is -2.49. The molecule has 0 aliphatic heterocycles. The van der Waals surface area contributed by atoms with Gasteiger partial charge in [0.2, 0.25) is 0 Å². The SMILES string of the molecule is COC(CC(C=CC(=O)O)(C=CC(=O)O)C=CC(=O)O)(OC)OC. The van der Waals surface area contributed by atoms with Crippen LogP contribution in [0.15, 0.2) is 36.5 Å². The maximum atomic E-state index is 10.8. The number of allylic oxidation sites excluding steroid dienone is 3. The molecule has 0 heterocycles. The van der Waals surface area contributed by atoms with E-state index in [-0.39, 0.29) is 6.42 Å². The number of hydrogen-bond acceptors (Lipinski definition) is 6. The monoisotopic (exact) mass is 344 g/mol. The van der Waals surface area contributed by atoms with Crippen molar-refractivity contribution in [2.75, 3.05) is 21.3 Å². The maximum absolute atomic E-state index is 10.8. The lowest BCUT2D eigenvalue weighted by molar-refractivity contribution is -0.359. The summed E-state index contributed by atoms with van der Waals surface area (Å²) in [7, 11) is 3.79. The van der Waals surface area contributed by atoms with Gasteiger partial charge in [-0.1, -0.05) is 18.2 Å². The Labute approximate surface area is 138 Å². The highest BCUT2D eigenvalue weighted by atomic mass is 16.9. The zero-order valence-electron chi connectivity index (χ0n) is 13.5. The van der Waals surface area contributed by atoms with E-state index >= 15 is 0 Å². The third-order valence-corrected chi connectivity index (χ3v) is 3.06. The second kappa shape index (κ2) is 9.60. The summed E-state index contributed by atoms with van der Waals surface area (Å²) in [5.74, 6) is -5.56. The van der Waals surface area contributed by atoms with Gasteiger partial charge in [-0.15, -0.1) is 0 Å². The van der Waals surface area contributed by atoms with E-state index in [9.17, 15) is 14.4 Å². The van der Waals surface area contributed by atoms with Gasteiger partial charge in [0, 0.05) is 51.4 Å². The molecule has 0 aromatic rings. The van der Waals surface area contributed by atoms with Gasteiger partial charge >= 0.3 is 17.9 Å². The number of carboxylic acids is 3. The predicted molar refractivity (Wildman–Crippen MR) is 81.1 cm³/mol. The molecule has 0 saturated carbocycles. The van der Waals surface area contributed by atoms with Gasteiger partial charge in [-0.05, 0) is 0 Å². The third-order valence-electron chi connectivity index (χ3n) is 3.06. The Bertz CT molecular complexity index is 473. The molecule has 0 radical (unpaired) electrons. The van der Waals surface area contributed by atoms with Crippen LogP contribution in [0.5, 0.6) is 0 Å². The summed E-state index contributed by atoms with van der Waals surface area (Å²) in [4.78, 5) is 32.5. The van der Waals surface area contributed by atoms with Crippen LogP contribution in [0.1, 0.15) is 6.42 Å². The molecule has 0 rings (SSSR count). The molecule has 0 aliphatic carbocycles. The molecule has 134 valence electrons. The van der Waals surface area contributed by atoms with E-state index in [0.29, 0.717) is 0 Å². The number of hydrogen-bond donors (Lipinski definition) is 3. The molecule has 0 unspecified atom stereocenters. The predicted octanol–water partition coefficient (Wildman–Crippen LogP) is 0.878. The van der Waals surface area contributed by atoms with Gasteiger partial charge < -0.3 is 29.5 Å². The van der Waals surface area contributed by atoms with Crippen molar-refractivity contribution >= 4 is 17.9 Å². The van der Waals surface area contributed by atoms with E-state index in [2.05, 4.69) is 0 Å². The molecule has 0 saturated heterocycles. The average molecular weight is 344 g/mol. The molecule has 9 heteroatoms. The van der Waals surface area contributed by atoms with Crippen molar-refractivity contribution in [3.05, 3.63) is 36.5 Å². The minimum atomic E-state index is -1.66. The molecule has 0 amide bonds. The number of carboxylic acid groups (broad SMARTS) is 3. The quantitative estimate of drug-likeness (QED) is 0.368. The lowest BCUT2D eigenvalue weighted by atomic mass is 9.81. The van der Waals surface area contributed by atoms with E-state index in [4.69, 9.17) is 29.5 Å². The van der Waals surface area contributed by atoms with Crippen LogP contribution in [0.2, 0.25) is 0 Å². The van der Waals surface area contributed by atoms with Crippen molar-refractivity contribution in [3.8, 4) is 0 Å². The van der Waals surface area contributed by atoms with Gasteiger partial charge in [0.15, 0.2) is 0 Å². The molecule has 0 aromatic heterocycles. The minimum Gasteiger partial charge on any atom is -0.478 e. The van der Waals surface area contributed by atoms with E-state index in [1.165, 1.54) is 21.3 Å². The van der Waals surface area contributed by atoms with Crippen molar-refractivity contribution in [1.29, 1.82) is 0 Å². The summed E-state index contributed by atoms with van der Waals surface area (Å²) in [5.41, 5.74) is -1.47. The smallest absolute Gasteiger partial charge is 0.328 e. The highest BCUT2D eigenvalue weighted by molar-refractivity contribution is 5.82. The lowest BCUT2D eigenvalue weighted by Crippen LogP contribution is -2.41. The molecule has 0 aromatic carbocycles. The number of ether oxygens (including phenoxy) is 3. The molecule has 9 nitrogen and oxygen atoms in total. The van der Waals surface area contributed by atoms with Gasteiger partial charge in [-0.2, -0.15) is 0 Å². The van der Waals surface area contributed by atoms with Gasteiger partial charge in [-0.25, -0.2) is 14.4 Å². The van der Waals surface area contributed by atoms with E-state index in [0.717, 1.165) is 36.5 Å². The van der Waals surface area contributed by atoms with Gasteiger partial charge in [0.1, 0.15) is 0 Å². The van der Waals surface area contributed by atoms with Crippen molar-refractivity contribution in [3.63, 3.8) is 0 Å². The van der Waals surface area contributed by atoms with Crippen molar-refractivity contribution < 1.29 is 43.9 Å². The van der Waals surface area contributed by atoms with Crippen LogP contribution in [0.3, 0.4) is 0 Å². The standard InChI is InChI=1S/C15H20O9/c1-22-15(23-2,24-3)10-14(7-4-11(16)17,8-5-12(18)19)9-6-13(20)21/h4-9H,10H2,1-3H3,(H,16,17)(H,18,19)(H,20,21). The first-order valence-electron chi connectivity index (χ1n) is 6.56. The van der Waals surface area contributed by atoms with Crippen LogP contribution >= 0.6 is 0 Å². The summed E-state index contributed by atoms with van der Waals surface area (Å²) in [6, 6.07) is 0. The zero-order chi connectivity index (χ0) is 18.8. The van der Waals surface area contributed by atoms with E-state index < -0.39 is 29.3 Å². The van der Waals surface area contributed by atoms with Crippen LogP contribution in [0, 0.1) is 5.41 Å². The lowest BCUT2D eigenvalue weighted by Gasteiger charge is -2.35. The summed E-state index contributed by atoms with van der Waals surface area (Å²) in [6.45, 7) is 0. The molecule has 0 fully saturated rings. The Morgan fingerprint density at radius 2 is 1.04 bits per heavy atom. The first-order chi connectivity index (χ1) is 11.1. The molecule has 0 bridgehead atoms. The highest BCUT2D eigenvalue weighted by Gasteiger charge is 2.39. The number of methoxy groups -OCH3 is 3. The van der Waals surface area contributed by atoms with Gasteiger partial charge in [0.25, 0.3) is 5.97 Å². The number of aliphatic carboxylic acids is 3. The van der Waals surface area contributed by atoms with E-state index in [1.807, 2.05) is 0 Å². The Balaban J connectivity index is 6.17. The van der Waals surface area contributed by atoms with Crippen molar-refractivity contribution in [2.45, 2.75) is 12.4 Å². The largest absolute Gasteiger partial charge is 0.478 e. The number of rotatable bonds is 11. The highest BCUT2D eigenvalue weighted by Crippen LogP contribution is 2.36. The molecular weight excluding hydrogens is 324 g/mol. The zero-order valence-corrected chi connectivity index (χ0v) is 13.5. The molecule has 3 N–H and O–H groups in total. The summed E-state index contributed by atoms with van der Waals surface area (Å²) < 4.78 is 15.4. The van der Waals surface area contributed by atoms with Crippen LogP contribution in [0.25, 0.3) is 0 Å². The van der Waals surface area contributed by atoms with Gasteiger partial charge in [0.05, 0.1) is 0 Å². The first-order valence-corrected chi connectivity index (χ1v) is 6.56. The summed E-state index contributed by atoms with van der Waals surface area (Å²) in [5, 5.41) is 26.5. The Kier molecular flexibility index (Phi) is 8.61. The van der Waals surface area contributed by atoms with Crippen LogP contribution in [0.4, 0.5) is 0 Å². The average Bonchev–Trinajstić information content (AvgIpc) is 2.53. The van der Waals surface area contributed by atoms with Crippen LogP contribution in [-0.2, 0) is 28.6 Å². The second-order valence-corrected chi connectivity index (χ2v) is 4.60. The van der Waals surface area contributed by atoms with Crippen molar-refractivity contribution in [1.82, 2.24) is 0 Å². The molecule has 0 atom stereocenters. The fourth-order valence-electron chi connectivity index (χ4n) is 1.86. The maximum Gasteiger partial charge on any atom is 0.328 e. The molecular formula is C15H20O9. The molecule has 0 aliphatic rings. The fourth-order valence-corrected chi connectivity index (χ4v) is 1.86. The Morgan fingerprint density at radius 3 is 1.25 bits per heavy atom.